The molecule has 1 fully saturated rings. The van der Waals surface area contributed by atoms with E-state index in [4.69, 9.17) is 9.47 Å². The van der Waals surface area contributed by atoms with E-state index >= 15 is 0 Å². The number of fused-ring (bicyclic) bond motifs is 1. The summed E-state index contributed by atoms with van der Waals surface area (Å²) in [5.74, 6) is 1.42. The number of likely N-dealkylation sites (tertiary alicyclic amines) is 1. The molecule has 9 heteroatoms. The fourth-order valence-corrected chi connectivity index (χ4v) is 4.50. The predicted molar refractivity (Wildman–Crippen MR) is 122 cm³/mol. The topological polar surface area (TPSA) is 62.8 Å². The molecule has 1 amide bonds. The number of hydrogen-bond donors (Lipinski definition) is 2. The van der Waals surface area contributed by atoms with Gasteiger partial charge in [0.25, 0.3) is 0 Å². The molecular formula is C25H30F3N3O3. The number of amides is 1. The van der Waals surface area contributed by atoms with Crippen LogP contribution in [0.25, 0.3) is 0 Å². The van der Waals surface area contributed by atoms with E-state index < -0.39 is 11.7 Å². The zero-order valence-electron chi connectivity index (χ0n) is 19.3. The van der Waals surface area contributed by atoms with E-state index in [1.54, 1.807) is 6.07 Å². The molecule has 0 unspecified atom stereocenters. The summed E-state index contributed by atoms with van der Waals surface area (Å²) in [5, 5.41) is 6.38. The van der Waals surface area contributed by atoms with Crippen molar-refractivity contribution in [3.63, 3.8) is 0 Å². The van der Waals surface area contributed by atoms with Crippen molar-refractivity contribution in [3.8, 4) is 11.5 Å². The summed E-state index contributed by atoms with van der Waals surface area (Å²) in [6.07, 6.45) is -3.08. The lowest BCUT2D eigenvalue weighted by Crippen LogP contribution is -2.46. The maximum absolute atomic E-state index is 13.0. The van der Waals surface area contributed by atoms with Gasteiger partial charge < -0.3 is 20.1 Å². The van der Waals surface area contributed by atoms with Crippen LogP contribution in [0.2, 0.25) is 0 Å². The molecule has 4 rings (SSSR count). The van der Waals surface area contributed by atoms with Gasteiger partial charge in [-0.3, -0.25) is 9.69 Å². The Kier molecular flexibility index (Phi) is 7.33. The van der Waals surface area contributed by atoms with Gasteiger partial charge in [-0.05, 0) is 56.0 Å². The van der Waals surface area contributed by atoms with Crippen molar-refractivity contribution in [2.24, 2.45) is 0 Å². The minimum atomic E-state index is -4.36. The number of rotatable bonds is 8. The van der Waals surface area contributed by atoms with Crippen molar-refractivity contribution in [2.45, 2.75) is 57.5 Å². The third kappa shape index (κ3) is 5.82. The van der Waals surface area contributed by atoms with E-state index in [9.17, 15) is 18.0 Å². The van der Waals surface area contributed by atoms with Gasteiger partial charge in [0.1, 0.15) is 0 Å². The van der Waals surface area contributed by atoms with Crippen LogP contribution >= 0.6 is 0 Å². The Morgan fingerprint density at radius 3 is 2.68 bits per heavy atom. The number of carbonyl (C=O) groups excluding carboxylic acids is 1. The first kappa shape index (κ1) is 24.3. The Morgan fingerprint density at radius 2 is 1.91 bits per heavy atom. The van der Waals surface area contributed by atoms with Gasteiger partial charge in [0.05, 0.1) is 11.6 Å². The number of halogens is 3. The molecule has 2 aliphatic heterocycles. The summed E-state index contributed by atoms with van der Waals surface area (Å²) >= 11 is 0. The molecule has 2 N–H and O–H groups in total. The molecule has 2 aliphatic rings. The molecule has 2 atom stereocenters. The normalized spacial score (nSPS) is 20.2. The molecule has 0 saturated carbocycles. The number of alkyl halides is 3. The Morgan fingerprint density at radius 1 is 1.12 bits per heavy atom. The fraction of sp³-hybridized carbons (Fsp3) is 0.480. The molecule has 2 aromatic carbocycles. The summed E-state index contributed by atoms with van der Waals surface area (Å²) < 4.78 is 49.6. The highest BCUT2D eigenvalue weighted by molar-refractivity contribution is 5.82. The molecule has 0 aliphatic carbocycles. The highest BCUT2D eigenvalue weighted by Gasteiger charge is 2.37. The molecule has 34 heavy (non-hydrogen) atoms. The molecular weight excluding hydrogens is 447 g/mol. The second kappa shape index (κ2) is 10.2. The molecule has 0 aromatic heterocycles. The lowest BCUT2D eigenvalue weighted by atomic mass is 10.1. The number of nitrogens with one attached hydrogen (secondary N) is 2. The summed E-state index contributed by atoms with van der Waals surface area (Å²) in [6.45, 7) is 5.80. The predicted octanol–water partition coefficient (Wildman–Crippen LogP) is 3.73. The Balaban J connectivity index is 1.29. The van der Waals surface area contributed by atoms with E-state index in [2.05, 4.69) is 15.5 Å². The molecule has 0 spiro atoms. The van der Waals surface area contributed by atoms with Crippen molar-refractivity contribution < 1.29 is 27.4 Å². The molecule has 0 bridgehead atoms. The third-order valence-corrected chi connectivity index (χ3v) is 6.30. The molecule has 1 saturated heterocycles. The molecule has 6 nitrogen and oxygen atoms in total. The Labute approximate surface area is 197 Å². The second-order valence-electron chi connectivity index (χ2n) is 9.05. The number of ether oxygens (including phenoxy) is 2. The van der Waals surface area contributed by atoms with Gasteiger partial charge in [-0.2, -0.15) is 13.2 Å². The van der Waals surface area contributed by atoms with Crippen LogP contribution in [-0.2, 0) is 23.9 Å². The minimum Gasteiger partial charge on any atom is -0.454 e. The number of carbonyl (C=O) groups is 1. The van der Waals surface area contributed by atoms with E-state index in [0.717, 1.165) is 23.1 Å². The highest BCUT2D eigenvalue weighted by atomic mass is 19.4. The number of benzene rings is 2. The van der Waals surface area contributed by atoms with Crippen LogP contribution in [-0.4, -0.2) is 48.8 Å². The van der Waals surface area contributed by atoms with Gasteiger partial charge in [-0.15, -0.1) is 0 Å². The summed E-state index contributed by atoms with van der Waals surface area (Å²) in [7, 11) is 0. The van der Waals surface area contributed by atoms with E-state index in [-0.39, 0.29) is 30.8 Å². The van der Waals surface area contributed by atoms with Crippen LogP contribution in [0.15, 0.2) is 42.5 Å². The lowest BCUT2D eigenvalue weighted by Gasteiger charge is -2.27. The van der Waals surface area contributed by atoms with Crippen LogP contribution in [0, 0.1) is 0 Å². The van der Waals surface area contributed by atoms with Crippen molar-refractivity contribution in [1.82, 2.24) is 15.5 Å². The standard InChI is InChI=1S/C25H30F3N3O3/c1-16(2)31-14-20(30-13-18-4-3-5-19(10-18)25(26,27)28)12-21(31)24(32)29-9-8-17-6-7-22-23(11-17)34-15-33-22/h3-7,10-11,16,20-21,30H,8-9,12-15H2,1-2H3,(H,29,32)/t20-,21-/m0/s1. The smallest absolute Gasteiger partial charge is 0.416 e. The minimum absolute atomic E-state index is 0.0153. The van der Waals surface area contributed by atoms with Gasteiger partial charge in [0.2, 0.25) is 12.7 Å². The first-order valence-electron chi connectivity index (χ1n) is 11.5. The SMILES string of the molecule is CC(C)N1C[C@@H](NCc2cccc(C(F)(F)F)c2)C[C@H]1C(=O)NCCc1ccc2c(c1)OCO2. The zero-order chi connectivity index (χ0) is 24.3. The number of nitrogens with zero attached hydrogens (tertiary/aromatic N) is 1. The quantitative estimate of drug-likeness (QED) is 0.607. The van der Waals surface area contributed by atoms with Crippen LogP contribution in [0.5, 0.6) is 11.5 Å². The van der Waals surface area contributed by atoms with Crippen LogP contribution in [0.1, 0.15) is 37.0 Å². The third-order valence-electron chi connectivity index (χ3n) is 6.30. The fourth-order valence-electron chi connectivity index (χ4n) is 4.50. The first-order chi connectivity index (χ1) is 16.2. The van der Waals surface area contributed by atoms with Crippen LogP contribution < -0.4 is 20.1 Å². The van der Waals surface area contributed by atoms with E-state index in [0.29, 0.717) is 38.0 Å². The average molecular weight is 478 g/mol. The van der Waals surface area contributed by atoms with Gasteiger partial charge in [-0.25, -0.2) is 0 Å². The molecule has 184 valence electrons. The summed E-state index contributed by atoms with van der Waals surface area (Å²) in [4.78, 5) is 15.1. The molecule has 2 heterocycles. The maximum atomic E-state index is 13.0. The van der Waals surface area contributed by atoms with Crippen molar-refractivity contribution >= 4 is 5.91 Å². The van der Waals surface area contributed by atoms with E-state index in [1.165, 1.54) is 12.1 Å². The Bertz CT molecular complexity index is 1010. The summed E-state index contributed by atoms with van der Waals surface area (Å²) in [6, 6.07) is 11.0. The van der Waals surface area contributed by atoms with Gasteiger partial charge >= 0.3 is 6.18 Å². The highest BCUT2D eigenvalue weighted by Crippen LogP contribution is 2.32. The summed E-state index contributed by atoms with van der Waals surface area (Å²) in [5.41, 5.74) is 0.974. The average Bonchev–Trinajstić information content (AvgIpc) is 3.44. The van der Waals surface area contributed by atoms with Crippen molar-refractivity contribution in [1.29, 1.82) is 0 Å². The monoisotopic (exact) mass is 477 g/mol. The van der Waals surface area contributed by atoms with Gasteiger partial charge in [-0.1, -0.05) is 24.3 Å². The Hall–Kier alpha value is -2.78. The maximum Gasteiger partial charge on any atom is 0.416 e. The lowest BCUT2D eigenvalue weighted by molar-refractivity contribution is -0.137. The van der Waals surface area contributed by atoms with E-state index in [1.807, 2.05) is 32.0 Å². The number of hydrogen-bond acceptors (Lipinski definition) is 5. The largest absolute Gasteiger partial charge is 0.454 e. The van der Waals surface area contributed by atoms with Crippen LogP contribution in [0.4, 0.5) is 13.2 Å². The second-order valence-corrected chi connectivity index (χ2v) is 9.05. The van der Waals surface area contributed by atoms with Crippen LogP contribution in [0.3, 0.4) is 0 Å². The van der Waals surface area contributed by atoms with Crippen molar-refractivity contribution in [2.75, 3.05) is 19.9 Å². The first-order valence-corrected chi connectivity index (χ1v) is 11.5. The van der Waals surface area contributed by atoms with Crippen molar-refractivity contribution in [3.05, 3.63) is 59.2 Å². The zero-order valence-corrected chi connectivity index (χ0v) is 19.3. The van der Waals surface area contributed by atoms with Gasteiger partial charge in [0.15, 0.2) is 11.5 Å². The molecule has 0 radical (unpaired) electrons. The van der Waals surface area contributed by atoms with Gasteiger partial charge in [0, 0.05) is 31.7 Å². The molecule has 2 aromatic rings.